The van der Waals surface area contributed by atoms with E-state index in [2.05, 4.69) is 46.4 Å². The van der Waals surface area contributed by atoms with Gasteiger partial charge in [-0.2, -0.15) is 0 Å². The van der Waals surface area contributed by atoms with Crippen LogP contribution >= 0.6 is 0 Å². The van der Waals surface area contributed by atoms with E-state index < -0.39 is 0 Å². The molecule has 0 radical (unpaired) electrons. The number of para-hydroxylation sites is 1. The minimum Gasteiger partial charge on any atom is -0.437 e. The largest absolute Gasteiger partial charge is 0.437 e. The summed E-state index contributed by atoms with van der Waals surface area (Å²) in [5.41, 5.74) is 4.31. The number of amides is 1. The van der Waals surface area contributed by atoms with Gasteiger partial charge in [0, 0.05) is 38.2 Å². The van der Waals surface area contributed by atoms with E-state index in [9.17, 15) is 4.79 Å². The lowest BCUT2D eigenvalue weighted by atomic mass is 10.1. The highest BCUT2D eigenvalue weighted by molar-refractivity contribution is 6.00. The minimum atomic E-state index is -0.300. The fourth-order valence-electron chi connectivity index (χ4n) is 3.40. The Labute approximate surface area is 159 Å². The molecule has 5 nitrogen and oxygen atoms in total. The quantitative estimate of drug-likeness (QED) is 0.767. The average molecular weight is 361 g/mol. The number of oxazole rings is 1. The van der Waals surface area contributed by atoms with Crippen LogP contribution in [-0.2, 0) is 19.4 Å². The Morgan fingerprint density at radius 2 is 1.81 bits per heavy atom. The maximum absolute atomic E-state index is 12.4. The lowest BCUT2D eigenvalue weighted by Crippen LogP contribution is -2.26. The third-order valence-corrected chi connectivity index (χ3v) is 4.98. The van der Waals surface area contributed by atoms with Gasteiger partial charge >= 0.3 is 5.91 Å². The number of rotatable bonds is 4. The molecule has 1 aromatic heterocycles. The first kappa shape index (κ1) is 17.5. The molecule has 1 N–H and O–H groups in total. The summed E-state index contributed by atoms with van der Waals surface area (Å²) in [6.45, 7) is 4.89. The Bertz CT molecular complexity index is 908. The van der Waals surface area contributed by atoms with Crippen LogP contribution in [0.25, 0.3) is 0 Å². The normalized spacial score (nSPS) is 14.4. The molecule has 0 fully saturated rings. The molecule has 2 heterocycles. The molecule has 0 aliphatic carbocycles. The van der Waals surface area contributed by atoms with Crippen LogP contribution in [0.4, 0.5) is 5.69 Å². The summed E-state index contributed by atoms with van der Waals surface area (Å²) < 4.78 is 5.79. The molecule has 1 aliphatic rings. The molecule has 0 saturated heterocycles. The van der Waals surface area contributed by atoms with Crippen molar-refractivity contribution in [1.82, 2.24) is 9.88 Å². The summed E-state index contributed by atoms with van der Waals surface area (Å²) in [4.78, 5) is 19.3. The summed E-state index contributed by atoms with van der Waals surface area (Å²) in [7, 11) is 0. The smallest absolute Gasteiger partial charge is 0.311 e. The number of anilines is 1. The van der Waals surface area contributed by atoms with Crippen LogP contribution in [0, 0.1) is 6.92 Å². The Balaban J connectivity index is 1.41. The number of aryl methyl sites for hydroxylation is 1. The van der Waals surface area contributed by atoms with Crippen LogP contribution in [0.15, 0.2) is 59.0 Å². The summed E-state index contributed by atoms with van der Waals surface area (Å²) in [5, 5.41) is 2.83. The average Bonchev–Trinajstić information content (AvgIpc) is 3.01. The van der Waals surface area contributed by atoms with Gasteiger partial charge < -0.3 is 9.73 Å². The van der Waals surface area contributed by atoms with Crippen molar-refractivity contribution in [3.05, 3.63) is 83.1 Å². The van der Waals surface area contributed by atoms with Gasteiger partial charge in [-0.1, -0.05) is 42.5 Å². The van der Waals surface area contributed by atoms with Gasteiger partial charge in [0.25, 0.3) is 5.89 Å². The Morgan fingerprint density at radius 3 is 2.63 bits per heavy atom. The van der Waals surface area contributed by atoms with Crippen LogP contribution < -0.4 is 5.32 Å². The van der Waals surface area contributed by atoms with Crippen LogP contribution in [0.3, 0.4) is 0 Å². The van der Waals surface area contributed by atoms with E-state index >= 15 is 0 Å². The molecular formula is C22H23N3O2. The second-order valence-corrected chi connectivity index (χ2v) is 6.91. The Kier molecular flexibility index (Phi) is 5.03. The fourth-order valence-corrected chi connectivity index (χ4v) is 3.40. The third kappa shape index (κ3) is 4.09. The van der Waals surface area contributed by atoms with Gasteiger partial charge in [0.15, 0.2) is 0 Å². The lowest BCUT2D eigenvalue weighted by molar-refractivity contribution is 0.0988. The highest BCUT2D eigenvalue weighted by Crippen LogP contribution is 2.20. The van der Waals surface area contributed by atoms with Gasteiger partial charge in [0.05, 0.1) is 5.69 Å². The zero-order valence-electron chi connectivity index (χ0n) is 15.4. The molecule has 3 aromatic rings. The van der Waals surface area contributed by atoms with Crippen molar-refractivity contribution in [2.24, 2.45) is 0 Å². The van der Waals surface area contributed by atoms with Crippen molar-refractivity contribution in [1.29, 1.82) is 0 Å². The van der Waals surface area contributed by atoms with Gasteiger partial charge in [0.1, 0.15) is 5.76 Å². The predicted octanol–water partition coefficient (Wildman–Crippen LogP) is 3.84. The molecule has 0 unspecified atom stereocenters. The first-order valence-corrected chi connectivity index (χ1v) is 9.31. The molecule has 138 valence electrons. The summed E-state index contributed by atoms with van der Waals surface area (Å²) in [6.07, 6.45) is 1.57. The number of aromatic nitrogens is 1. The van der Waals surface area contributed by atoms with E-state index in [1.165, 1.54) is 11.1 Å². The van der Waals surface area contributed by atoms with Gasteiger partial charge in [-0.05, 0) is 30.2 Å². The Hall–Kier alpha value is -2.92. The fraction of sp³-hybridized carbons (Fsp3) is 0.273. The Morgan fingerprint density at radius 1 is 1.07 bits per heavy atom. The van der Waals surface area contributed by atoms with Gasteiger partial charge in [-0.25, -0.2) is 4.98 Å². The standard InChI is InChI=1S/C22H23N3O2/c1-16-7-5-6-8-17(16)15-25-13-11-19-20(12-14-25)27-22(24-19)21(26)23-18-9-3-2-4-10-18/h2-10H,11-15H2,1H3,(H,23,26). The van der Waals surface area contributed by atoms with Crippen molar-refractivity contribution < 1.29 is 9.21 Å². The van der Waals surface area contributed by atoms with Crippen LogP contribution in [0.2, 0.25) is 0 Å². The zero-order valence-corrected chi connectivity index (χ0v) is 15.4. The molecule has 27 heavy (non-hydrogen) atoms. The van der Waals surface area contributed by atoms with Crippen LogP contribution in [0.1, 0.15) is 33.3 Å². The minimum absolute atomic E-state index is 0.149. The van der Waals surface area contributed by atoms with E-state index in [-0.39, 0.29) is 11.8 Å². The first-order valence-electron chi connectivity index (χ1n) is 9.31. The summed E-state index contributed by atoms with van der Waals surface area (Å²) in [6, 6.07) is 17.8. The van der Waals surface area contributed by atoms with Gasteiger partial charge in [-0.3, -0.25) is 9.69 Å². The van der Waals surface area contributed by atoms with Crippen LogP contribution in [-0.4, -0.2) is 28.9 Å². The number of carbonyl (C=O) groups excluding carboxylic acids is 1. The SMILES string of the molecule is Cc1ccccc1CN1CCc2nc(C(=O)Nc3ccccc3)oc2CC1. The number of hydrogen-bond donors (Lipinski definition) is 1. The van der Waals surface area contributed by atoms with Crippen LogP contribution in [0.5, 0.6) is 0 Å². The number of fused-ring (bicyclic) bond motifs is 1. The van der Waals surface area contributed by atoms with Gasteiger partial charge in [-0.15, -0.1) is 0 Å². The highest BCUT2D eigenvalue weighted by Gasteiger charge is 2.23. The molecule has 4 rings (SSSR count). The molecule has 2 aromatic carbocycles. The molecule has 0 spiro atoms. The third-order valence-electron chi connectivity index (χ3n) is 4.98. The number of nitrogens with one attached hydrogen (secondary N) is 1. The molecular weight excluding hydrogens is 338 g/mol. The van der Waals surface area contributed by atoms with Crippen molar-refractivity contribution in [3.63, 3.8) is 0 Å². The van der Waals surface area contributed by atoms with Crippen molar-refractivity contribution in [2.75, 3.05) is 18.4 Å². The second kappa shape index (κ2) is 7.76. The number of carbonyl (C=O) groups is 1. The van der Waals surface area contributed by atoms with E-state index in [0.29, 0.717) is 0 Å². The predicted molar refractivity (Wildman–Crippen MR) is 105 cm³/mol. The summed E-state index contributed by atoms with van der Waals surface area (Å²) in [5.74, 6) is 0.683. The lowest BCUT2D eigenvalue weighted by Gasteiger charge is -2.20. The van der Waals surface area contributed by atoms with Crippen molar-refractivity contribution in [3.8, 4) is 0 Å². The van der Waals surface area contributed by atoms with E-state index in [0.717, 1.165) is 49.6 Å². The maximum Gasteiger partial charge on any atom is 0.311 e. The number of benzene rings is 2. The monoisotopic (exact) mass is 361 g/mol. The van der Waals surface area contributed by atoms with E-state index in [1.807, 2.05) is 30.3 Å². The summed E-state index contributed by atoms with van der Waals surface area (Å²) >= 11 is 0. The maximum atomic E-state index is 12.4. The molecule has 0 bridgehead atoms. The molecule has 5 heteroatoms. The second-order valence-electron chi connectivity index (χ2n) is 6.91. The molecule has 0 atom stereocenters. The first-order chi connectivity index (χ1) is 13.2. The molecule has 0 saturated carbocycles. The highest BCUT2D eigenvalue weighted by atomic mass is 16.4. The van der Waals surface area contributed by atoms with Gasteiger partial charge in [0.2, 0.25) is 0 Å². The van der Waals surface area contributed by atoms with Crippen molar-refractivity contribution in [2.45, 2.75) is 26.3 Å². The molecule has 1 amide bonds. The van der Waals surface area contributed by atoms with E-state index in [4.69, 9.17) is 4.42 Å². The topological polar surface area (TPSA) is 58.4 Å². The number of nitrogens with zero attached hydrogens (tertiary/aromatic N) is 2. The van der Waals surface area contributed by atoms with E-state index in [1.54, 1.807) is 0 Å². The zero-order chi connectivity index (χ0) is 18.6. The van der Waals surface area contributed by atoms with Crippen molar-refractivity contribution >= 4 is 11.6 Å². The number of hydrogen-bond acceptors (Lipinski definition) is 4. The molecule has 1 aliphatic heterocycles.